The fraction of sp³-hybridized carbons (Fsp3) is 0.444. The van der Waals surface area contributed by atoms with Crippen LogP contribution in [0.5, 0.6) is 5.75 Å². The maximum Gasteiger partial charge on any atom is 0.258 e. The molecule has 4 atom stereocenters. The van der Waals surface area contributed by atoms with Crippen LogP contribution < -0.4 is 20.7 Å². The molecule has 0 aromatic heterocycles. The second kappa shape index (κ2) is 17.4. The van der Waals surface area contributed by atoms with Crippen molar-refractivity contribution in [3.8, 4) is 5.75 Å². The normalized spacial score (nSPS) is 20.9. The van der Waals surface area contributed by atoms with Crippen LogP contribution in [0.3, 0.4) is 0 Å². The van der Waals surface area contributed by atoms with Crippen molar-refractivity contribution in [2.75, 3.05) is 30.2 Å². The summed E-state index contributed by atoms with van der Waals surface area (Å²) in [4.78, 5) is 55.1. The van der Waals surface area contributed by atoms with E-state index in [1.807, 2.05) is 30.3 Å². The van der Waals surface area contributed by atoms with Crippen molar-refractivity contribution in [3.63, 3.8) is 0 Å². The quantitative estimate of drug-likeness (QED) is 0.160. The number of aliphatic hydroxyl groups excluding tert-OH is 2. The van der Waals surface area contributed by atoms with Gasteiger partial charge in [-0.2, -0.15) is 0 Å². The van der Waals surface area contributed by atoms with E-state index in [0.29, 0.717) is 42.7 Å². The first-order valence-electron chi connectivity index (χ1n) is 16.8. The number of benzene rings is 3. The number of nitrogens with one attached hydrogen (secondary N) is 3. The number of fused-ring (bicyclic) bond motifs is 1. The number of amides is 4. The first kappa shape index (κ1) is 38.1. The lowest BCUT2D eigenvalue weighted by Crippen LogP contribution is -2.59. The summed E-state index contributed by atoms with van der Waals surface area (Å²) in [5.74, 6) is -2.65. The predicted molar refractivity (Wildman–Crippen MR) is 194 cm³/mol. The van der Waals surface area contributed by atoms with E-state index >= 15 is 0 Å². The van der Waals surface area contributed by atoms with Gasteiger partial charge in [-0.1, -0.05) is 66.7 Å². The molecule has 3 aromatic carbocycles. The maximum atomic E-state index is 13.8. The first-order valence-corrected chi connectivity index (χ1v) is 20.1. The number of hydrogen-bond donors (Lipinski definition) is 5. The molecule has 0 radical (unpaired) electrons. The van der Waals surface area contributed by atoms with Crippen molar-refractivity contribution >= 4 is 56.0 Å². The SMILES string of the molecule is CS(=O)(=O)C[C@H](NC(=O)COc1cccc2ccccc12)C(=O)N[C@@H](Cc1ccccc1)[C@H](O)C(=O)N1CSC[C@H]1C(=O)NC1CCC(O)CC1. The molecule has 15 heteroatoms. The topological polar surface area (TPSA) is 191 Å². The Morgan fingerprint density at radius 2 is 1.63 bits per heavy atom. The molecule has 1 aliphatic heterocycles. The largest absolute Gasteiger partial charge is 0.483 e. The van der Waals surface area contributed by atoms with Crippen molar-refractivity contribution in [1.82, 2.24) is 20.9 Å². The molecule has 1 saturated carbocycles. The average molecular weight is 741 g/mol. The number of carbonyl (C=O) groups is 4. The number of sulfone groups is 1. The molecule has 13 nitrogen and oxygen atoms in total. The third kappa shape index (κ3) is 10.7. The first-order chi connectivity index (χ1) is 24.4. The molecule has 1 aliphatic carbocycles. The van der Waals surface area contributed by atoms with Gasteiger partial charge in [0.05, 0.1) is 23.8 Å². The van der Waals surface area contributed by atoms with Crippen molar-refractivity contribution in [1.29, 1.82) is 0 Å². The lowest BCUT2D eigenvalue weighted by Gasteiger charge is -2.32. The second-order valence-electron chi connectivity index (χ2n) is 13.1. The molecule has 51 heavy (non-hydrogen) atoms. The molecule has 3 aromatic rings. The van der Waals surface area contributed by atoms with Crippen molar-refractivity contribution in [2.45, 2.75) is 68.5 Å². The molecule has 1 heterocycles. The highest BCUT2D eigenvalue weighted by atomic mass is 32.2. The van der Waals surface area contributed by atoms with Crippen molar-refractivity contribution < 1.29 is 42.5 Å². The number of ether oxygens (including phenoxy) is 1. The van der Waals surface area contributed by atoms with Gasteiger partial charge in [-0.25, -0.2) is 8.42 Å². The molecule has 0 spiro atoms. The van der Waals surface area contributed by atoms with Gasteiger partial charge in [0.2, 0.25) is 11.8 Å². The maximum absolute atomic E-state index is 13.8. The summed E-state index contributed by atoms with van der Waals surface area (Å²) in [5, 5.41) is 31.0. The van der Waals surface area contributed by atoms with E-state index in [1.165, 1.54) is 16.7 Å². The fourth-order valence-electron chi connectivity index (χ4n) is 6.32. The van der Waals surface area contributed by atoms with Crippen LogP contribution in [0.1, 0.15) is 31.2 Å². The van der Waals surface area contributed by atoms with E-state index < -0.39 is 64.1 Å². The monoisotopic (exact) mass is 740 g/mol. The predicted octanol–water partition coefficient (Wildman–Crippen LogP) is 1.16. The summed E-state index contributed by atoms with van der Waals surface area (Å²) in [6.07, 6.45) is 1.11. The Morgan fingerprint density at radius 1 is 0.941 bits per heavy atom. The Balaban J connectivity index is 1.29. The minimum absolute atomic E-state index is 0.00847. The van der Waals surface area contributed by atoms with Gasteiger partial charge >= 0.3 is 0 Å². The molecule has 2 aliphatic rings. The second-order valence-corrected chi connectivity index (χ2v) is 16.3. The molecule has 0 unspecified atom stereocenters. The van der Waals surface area contributed by atoms with Crippen LogP contribution in [0.15, 0.2) is 72.8 Å². The van der Waals surface area contributed by atoms with E-state index in [-0.39, 0.29) is 30.4 Å². The van der Waals surface area contributed by atoms with E-state index in [1.54, 1.807) is 42.5 Å². The van der Waals surface area contributed by atoms with Crippen LogP contribution in [0.4, 0.5) is 0 Å². The van der Waals surface area contributed by atoms with Crippen LogP contribution in [0.25, 0.3) is 10.8 Å². The lowest BCUT2D eigenvalue weighted by molar-refractivity contribution is -0.147. The molecule has 4 amide bonds. The van der Waals surface area contributed by atoms with Crippen LogP contribution in [-0.2, 0) is 35.4 Å². The molecule has 1 saturated heterocycles. The zero-order valence-electron chi connectivity index (χ0n) is 28.3. The van der Waals surface area contributed by atoms with Gasteiger partial charge in [-0.3, -0.25) is 19.2 Å². The Morgan fingerprint density at radius 3 is 2.35 bits per heavy atom. The standard InChI is InChI=1S/C36H44N4O9S2/c1-51(47,48)21-29(38-32(42)19-49-31-13-7-11-24-10-5-6-12-27(24)31)34(44)39-28(18-23-8-3-2-4-9-23)33(43)36(46)40-22-50-20-30(40)35(45)37-25-14-16-26(41)17-15-25/h2-13,25-26,28-30,33,41,43H,14-22H2,1H3,(H,37,45)(H,38,42)(H,39,44)/t25?,26?,28-,29-,30-,33-/m0/s1. The smallest absolute Gasteiger partial charge is 0.258 e. The summed E-state index contributed by atoms with van der Waals surface area (Å²) in [6.45, 7) is -0.506. The summed E-state index contributed by atoms with van der Waals surface area (Å²) >= 11 is 1.36. The molecule has 274 valence electrons. The van der Waals surface area contributed by atoms with Crippen LogP contribution in [0, 0.1) is 0 Å². The van der Waals surface area contributed by atoms with Gasteiger partial charge in [-0.05, 0) is 49.1 Å². The van der Waals surface area contributed by atoms with Crippen LogP contribution >= 0.6 is 11.8 Å². The highest BCUT2D eigenvalue weighted by Crippen LogP contribution is 2.26. The number of hydrogen-bond acceptors (Lipinski definition) is 10. The number of rotatable bonds is 14. The lowest BCUT2D eigenvalue weighted by atomic mass is 9.93. The molecule has 5 rings (SSSR count). The van der Waals surface area contributed by atoms with Gasteiger partial charge in [0.1, 0.15) is 27.7 Å². The Hall–Kier alpha value is -4.18. The summed E-state index contributed by atoms with van der Waals surface area (Å²) < 4.78 is 30.5. The highest BCUT2D eigenvalue weighted by molar-refractivity contribution is 7.99. The molecule has 2 fully saturated rings. The van der Waals surface area contributed by atoms with Crippen molar-refractivity contribution in [2.24, 2.45) is 0 Å². The van der Waals surface area contributed by atoms with Gasteiger partial charge in [0, 0.05) is 23.4 Å². The highest BCUT2D eigenvalue weighted by Gasteiger charge is 2.41. The number of nitrogens with zero attached hydrogens (tertiary/aromatic N) is 1. The minimum atomic E-state index is -3.80. The summed E-state index contributed by atoms with van der Waals surface area (Å²) in [5.41, 5.74) is 0.673. The summed E-state index contributed by atoms with van der Waals surface area (Å²) in [7, 11) is -3.80. The van der Waals surface area contributed by atoms with E-state index in [4.69, 9.17) is 4.74 Å². The molecule has 5 N–H and O–H groups in total. The van der Waals surface area contributed by atoms with Gasteiger partial charge in [-0.15, -0.1) is 11.8 Å². The Bertz CT molecular complexity index is 1800. The van der Waals surface area contributed by atoms with Crippen LogP contribution in [0.2, 0.25) is 0 Å². The number of thioether (sulfide) groups is 1. The van der Waals surface area contributed by atoms with Gasteiger partial charge < -0.3 is 35.8 Å². The third-order valence-electron chi connectivity index (χ3n) is 9.00. The molecule has 0 bridgehead atoms. The van der Waals surface area contributed by atoms with E-state index in [9.17, 15) is 37.8 Å². The fourth-order valence-corrected chi connectivity index (χ4v) is 8.32. The zero-order valence-corrected chi connectivity index (χ0v) is 29.9. The summed E-state index contributed by atoms with van der Waals surface area (Å²) in [6, 6.07) is 17.8. The molecular formula is C36H44N4O9S2. The number of carbonyl (C=O) groups excluding carboxylic acids is 4. The average Bonchev–Trinajstić information content (AvgIpc) is 3.61. The Labute approximate surface area is 301 Å². The van der Waals surface area contributed by atoms with E-state index in [2.05, 4.69) is 16.0 Å². The van der Waals surface area contributed by atoms with Gasteiger partial charge in [0.25, 0.3) is 11.8 Å². The Kier molecular flexibility index (Phi) is 13.0. The van der Waals surface area contributed by atoms with Crippen molar-refractivity contribution in [3.05, 3.63) is 78.4 Å². The third-order valence-corrected chi connectivity index (χ3v) is 11.0. The zero-order chi connectivity index (χ0) is 36.5. The number of aliphatic hydroxyl groups is 2. The molecular weight excluding hydrogens is 697 g/mol. The van der Waals surface area contributed by atoms with E-state index in [0.717, 1.165) is 17.0 Å². The van der Waals surface area contributed by atoms with Gasteiger partial charge in [0.15, 0.2) is 12.7 Å². The minimum Gasteiger partial charge on any atom is -0.483 e. The van der Waals surface area contributed by atoms with Crippen LogP contribution in [-0.4, -0.2) is 114 Å².